The fraction of sp³-hybridized carbons (Fsp3) is 0.556. The second-order valence-electron chi connectivity index (χ2n) is 17.5. The van der Waals surface area contributed by atoms with E-state index in [1.165, 1.54) is 25.3 Å². The summed E-state index contributed by atoms with van der Waals surface area (Å²) in [4.78, 5) is 61.9. The van der Waals surface area contributed by atoms with Gasteiger partial charge in [0.2, 0.25) is 0 Å². The van der Waals surface area contributed by atoms with E-state index in [2.05, 4.69) is 71.8 Å². The molecule has 1 aromatic rings. The molecule has 0 spiro atoms. The van der Waals surface area contributed by atoms with Crippen molar-refractivity contribution in [2.75, 3.05) is 25.6 Å². The van der Waals surface area contributed by atoms with Gasteiger partial charge < -0.3 is 45.1 Å². The zero-order valence-corrected chi connectivity index (χ0v) is 45.4. The Morgan fingerprint density at radius 1 is 0.720 bits per heavy atom. The number of ether oxygens (including phenoxy) is 3. The topological polar surface area (TPSA) is 286 Å². The third-order valence-electron chi connectivity index (χ3n) is 10.9. The van der Waals surface area contributed by atoms with Crippen molar-refractivity contribution >= 4 is 33.4 Å². The maximum atomic E-state index is 12.9. The molecule has 1 fully saturated rings. The number of anilines is 1. The summed E-state index contributed by atoms with van der Waals surface area (Å²) < 4.78 is 56.7. The summed E-state index contributed by atoms with van der Waals surface area (Å²) in [6.45, 7) is 1.83. The van der Waals surface area contributed by atoms with Crippen molar-refractivity contribution in [2.24, 2.45) is 0 Å². The molecule has 7 N–H and O–H groups in total. The smallest absolute Gasteiger partial charge is 0.462 e. The predicted molar refractivity (Wildman–Crippen MR) is 290 cm³/mol. The number of unbranched alkanes of at least 4 members (excludes halogenated alkanes) is 7. The first kappa shape index (κ1) is 66.5. The molecule has 0 aromatic carbocycles. The van der Waals surface area contributed by atoms with Gasteiger partial charge in [0.25, 0.3) is 0 Å². The Morgan fingerprint density at radius 3 is 1.96 bits per heavy atom. The molecule has 1 aliphatic rings. The molecule has 2 heterocycles. The number of allylic oxidation sites excluding steroid dienone is 16. The van der Waals surface area contributed by atoms with Crippen LogP contribution in [0.1, 0.15) is 142 Å². The van der Waals surface area contributed by atoms with Crippen molar-refractivity contribution in [2.45, 2.75) is 173 Å². The highest BCUT2D eigenvalue weighted by molar-refractivity contribution is 7.61. The molecule has 19 nitrogen and oxygen atoms in total. The molecule has 0 saturated carbocycles. The summed E-state index contributed by atoms with van der Waals surface area (Å²) in [6, 6.07) is 1.24. The number of phosphoric acid groups is 2. The minimum atomic E-state index is -5.46. The maximum absolute atomic E-state index is 12.9. The summed E-state index contributed by atoms with van der Waals surface area (Å²) in [7, 11) is -10.9. The minimum absolute atomic E-state index is 0.00819. The largest absolute Gasteiger partial charge is 0.481 e. The molecule has 21 heteroatoms. The molecule has 420 valence electrons. The molecule has 2 rings (SSSR count). The van der Waals surface area contributed by atoms with E-state index in [4.69, 9.17) is 29.0 Å². The summed E-state index contributed by atoms with van der Waals surface area (Å²) in [5.41, 5.74) is 4.57. The van der Waals surface area contributed by atoms with Gasteiger partial charge >= 0.3 is 33.3 Å². The van der Waals surface area contributed by atoms with Crippen LogP contribution < -0.4 is 11.4 Å². The standard InChI is InChI=1S/C54H83N3O16P2/c1-3-5-7-9-11-12-13-14-15-16-17-18-19-24-27-31-35-39-50(60)71-46(42-68-49(59)38-34-30-26-23-21-20-22-25-29-33-37-45(58)36-32-28-10-8-6-4-2)43-69-74(64,65)73-75(66,67)70-44-47-51(61)52(62)53(72-47)57-41-40-48(55)56-54(57)63/h6,8,11-12,14-15,17-18,20-21,25-26,28-30,32-33,37,40-41,45-47,51-53,58,61-62H,3-5,7,9-10,13,16,19,22-24,27,31,34-36,38-39,42-44H2,1-2H3,(H,64,65)(H,66,67)(H2,55,56,63)/b8-6-,12-11-,15-14-,18-17-,21-20-,29-25-,30-26-,32-28-,37-33+/t45?,46-,47-,51-,52-,53-/m1/s1. The maximum Gasteiger partial charge on any atom is 0.481 e. The number of carbonyl (C=O) groups is 2. The molecule has 0 bridgehead atoms. The lowest BCUT2D eigenvalue weighted by Gasteiger charge is -2.21. The summed E-state index contributed by atoms with van der Waals surface area (Å²) in [6.07, 6.45) is 43.5. The summed E-state index contributed by atoms with van der Waals surface area (Å²) in [5, 5.41) is 31.0. The van der Waals surface area contributed by atoms with E-state index in [0.717, 1.165) is 68.6 Å². The molecular weight excluding hydrogens is 1010 g/mol. The Labute approximate surface area is 443 Å². The van der Waals surface area contributed by atoms with Gasteiger partial charge in [-0.2, -0.15) is 9.29 Å². The van der Waals surface area contributed by atoms with Gasteiger partial charge in [-0.3, -0.25) is 23.2 Å². The lowest BCUT2D eigenvalue weighted by molar-refractivity contribution is -0.161. The van der Waals surface area contributed by atoms with Gasteiger partial charge in [0.05, 0.1) is 19.3 Å². The number of aliphatic hydroxyl groups excluding tert-OH is 3. The van der Waals surface area contributed by atoms with Crippen LogP contribution in [0.15, 0.2) is 126 Å². The van der Waals surface area contributed by atoms with E-state index in [1.54, 1.807) is 12.2 Å². The van der Waals surface area contributed by atoms with Gasteiger partial charge in [-0.1, -0.05) is 149 Å². The highest BCUT2D eigenvalue weighted by Gasteiger charge is 2.46. The van der Waals surface area contributed by atoms with Gasteiger partial charge in [-0.15, -0.1) is 0 Å². The highest BCUT2D eigenvalue weighted by atomic mass is 31.3. The number of rotatable bonds is 41. The Morgan fingerprint density at radius 2 is 1.31 bits per heavy atom. The van der Waals surface area contributed by atoms with Crippen molar-refractivity contribution in [3.05, 3.63) is 132 Å². The van der Waals surface area contributed by atoms with E-state index in [0.29, 0.717) is 32.1 Å². The number of nitrogens with zero attached hydrogens (tertiary/aromatic N) is 2. The van der Waals surface area contributed by atoms with E-state index >= 15 is 0 Å². The number of nitrogens with two attached hydrogens (primary N) is 1. The number of aromatic nitrogens is 2. The van der Waals surface area contributed by atoms with E-state index in [1.807, 2.05) is 48.6 Å². The predicted octanol–water partition coefficient (Wildman–Crippen LogP) is 9.97. The number of carbonyl (C=O) groups excluding carboxylic acids is 2. The molecular formula is C54H83N3O16P2. The molecule has 0 radical (unpaired) electrons. The number of aliphatic hydroxyl groups is 3. The zero-order chi connectivity index (χ0) is 55.0. The van der Waals surface area contributed by atoms with Crippen molar-refractivity contribution in [1.82, 2.24) is 9.55 Å². The number of nitrogen functional groups attached to an aromatic ring is 1. The second kappa shape index (κ2) is 40.6. The van der Waals surface area contributed by atoms with Gasteiger partial charge in [0.15, 0.2) is 12.3 Å². The molecule has 0 amide bonds. The third-order valence-corrected chi connectivity index (χ3v) is 13.5. The van der Waals surface area contributed by atoms with Crippen LogP contribution in [0.25, 0.3) is 0 Å². The fourth-order valence-electron chi connectivity index (χ4n) is 6.90. The van der Waals surface area contributed by atoms with Crippen LogP contribution in [0.4, 0.5) is 5.82 Å². The highest BCUT2D eigenvalue weighted by Crippen LogP contribution is 2.60. The van der Waals surface area contributed by atoms with Crippen molar-refractivity contribution < 1.29 is 71.4 Å². The van der Waals surface area contributed by atoms with Gasteiger partial charge in [0, 0.05) is 19.0 Å². The molecule has 1 aliphatic heterocycles. The first-order chi connectivity index (χ1) is 36.1. The van der Waals surface area contributed by atoms with Crippen LogP contribution in [0, 0.1) is 0 Å². The lowest BCUT2D eigenvalue weighted by Crippen LogP contribution is -2.36. The first-order valence-electron chi connectivity index (χ1n) is 26.0. The Hall–Kier alpha value is -4.62. The summed E-state index contributed by atoms with van der Waals surface area (Å²) in [5.74, 6) is -1.47. The normalized spacial score (nSPS) is 20.1. The van der Waals surface area contributed by atoms with Crippen molar-refractivity contribution in [3.63, 3.8) is 0 Å². The van der Waals surface area contributed by atoms with Crippen LogP contribution in [0.3, 0.4) is 0 Å². The average molecular weight is 1090 g/mol. The Bertz CT molecular complexity index is 2200. The van der Waals surface area contributed by atoms with E-state index in [-0.39, 0.29) is 18.7 Å². The summed E-state index contributed by atoms with van der Waals surface area (Å²) >= 11 is 0. The quantitative estimate of drug-likeness (QED) is 0.0117. The second-order valence-corrected chi connectivity index (χ2v) is 20.5. The van der Waals surface area contributed by atoms with Crippen LogP contribution >= 0.6 is 15.6 Å². The van der Waals surface area contributed by atoms with Crippen LogP contribution in [0.2, 0.25) is 0 Å². The fourth-order valence-corrected chi connectivity index (χ4v) is 9.01. The molecule has 3 unspecified atom stereocenters. The SMILES string of the molecule is CC/C=C\C/C=C\CC(O)/C=C/C=C\C/C=C\C/C=C\CCC(=O)OC[C@H](COP(=O)(O)OP(=O)(O)OC[C@H]1O[C@@H](n2ccc(N)nc2=O)[C@H](O)[C@@H]1O)OC(=O)CCCCCC/C=C\C/C=C\C/C=C\CCCCC. The first-order valence-corrected chi connectivity index (χ1v) is 29.0. The molecule has 75 heavy (non-hydrogen) atoms. The molecule has 1 saturated heterocycles. The van der Waals surface area contributed by atoms with Crippen LogP contribution in [0.5, 0.6) is 0 Å². The van der Waals surface area contributed by atoms with Crippen LogP contribution in [-0.2, 0) is 46.3 Å². The van der Waals surface area contributed by atoms with Gasteiger partial charge in [-0.25, -0.2) is 13.9 Å². The van der Waals surface area contributed by atoms with E-state index < -0.39 is 89.8 Å². The molecule has 0 aliphatic carbocycles. The van der Waals surface area contributed by atoms with Crippen molar-refractivity contribution in [3.8, 4) is 0 Å². The molecule has 8 atom stereocenters. The monoisotopic (exact) mass is 1090 g/mol. The van der Waals surface area contributed by atoms with Crippen LogP contribution in [-0.4, -0.2) is 96.9 Å². The third kappa shape index (κ3) is 33.2. The van der Waals surface area contributed by atoms with Gasteiger partial charge in [-0.05, 0) is 89.5 Å². The lowest BCUT2D eigenvalue weighted by atomic mass is 10.1. The number of hydrogen-bond donors (Lipinski definition) is 6. The number of phosphoric ester groups is 2. The number of hydrogen-bond acceptors (Lipinski definition) is 16. The molecule has 1 aromatic heterocycles. The minimum Gasteiger partial charge on any atom is -0.462 e. The van der Waals surface area contributed by atoms with Crippen molar-refractivity contribution in [1.29, 1.82) is 0 Å². The Kier molecular flexibility index (Phi) is 36.0. The zero-order valence-electron chi connectivity index (χ0n) is 43.7. The van der Waals surface area contributed by atoms with E-state index in [9.17, 15) is 48.6 Å². The Balaban J connectivity index is 1.86. The van der Waals surface area contributed by atoms with Gasteiger partial charge in [0.1, 0.15) is 30.7 Å². The average Bonchev–Trinajstić information content (AvgIpc) is 3.64. The number of esters is 2.